The highest BCUT2D eigenvalue weighted by Gasteiger charge is 2.42. The van der Waals surface area contributed by atoms with Crippen LogP contribution in [0.25, 0.3) is 11.3 Å². The van der Waals surface area contributed by atoms with Gasteiger partial charge in [-0.05, 0) is 79.3 Å². The van der Waals surface area contributed by atoms with Crippen molar-refractivity contribution in [3.05, 3.63) is 102 Å². The third-order valence-electron chi connectivity index (χ3n) is 6.52. The van der Waals surface area contributed by atoms with E-state index in [1.807, 2.05) is 67.3 Å². The minimum absolute atomic E-state index is 0.0493. The second-order valence-electron chi connectivity index (χ2n) is 8.98. The lowest BCUT2D eigenvalue weighted by molar-refractivity contribution is -0.115. The van der Waals surface area contributed by atoms with E-state index in [-0.39, 0.29) is 23.6 Å². The number of furan rings is 1. The van der Waals surface area contributed by atoms with E-state index in [4.69, 9.17) is 16.6 Å². The summed E-state index contributed by atoms with van der Waals surface area (Å²) in [6.07, 6.45) is 2.14. The molecule has 0 radical (unpaired) electrons. The standard InChI is InChI=1S/C29H26N4O4S/c1-3-25(34)31-21-12-11-20(16-17(21)2)33-27(26(32-29(33)38)22-6-4-5-15-30-22)24-14-13-23(37-24)18-7-9-19(10-8-18)28(35)36/h4-16,26-27H,3H2,1-2H3,(H,31,34)(H,32,38)(H,35,36)/t26-,27-/m1/s1. The van der Waals surface area contributed by atoms with E-state index in [0.29, 0.717) is 23.1 Å². The van der Waals surface area contributed by atoms with E-state index in [9.17, 15) is 14.7 Å². The SMILES string of the molecule is CCC(=O)Nc1ccc(N2C(=S)N[C@H](c3ccccn3)[C@H]2c2ccc(-c3ccc(C(=O)O)cc3)o2)cc1C. The molecule has 38 heavy (non-hydrogen) atoms. The first-order valence-corrected chi connectivity index (χ1v) is 12.6. The fourth-order valence-electron chi connectivity index (χ4n) is 4.54. The van der Waals surface area contributed by atoms with Gasteiger partial charge in [-0.25, -0.2) is 4.79 Å². The molecule has 192 valence electrons. The Kier molecular flexibility index (Phi) is 6.93. The first-order valence-electron chi connectivity index (χ1n) is 12.2. The molecule has 4 aromatic rings. The Balaban J connectivity index is 1.54. The quantitative estimate of drug-likeness (QED) is 0.257. The molecule has 2 aromatic carbocycles. The van der Waals surface area contributed by atoms with Crippen LogP contribution in [0, 0.1) is 6.92 Å². The molecular formula is C29H26N4O4S. The second kappa shape index (κ2) is 10.5. The molecule has 1 aliphatic rings. The molecule has 0 spiro atoms. The average molecular weight is 527 g/mol. The molecule has 3 heterocycles. The van der Waals surface area contributed by atoms with E-state index in [0.717, 1.165) is 28.2 Å². The van der Waals surface area contributed by atoms with Crippen LogP contribution in [0.1, 0.15) is 52.8 Å². The van der Waals surface area contributed by atoms with Crippen molar-refractivity contribution < 1.29 is 19.1 Å². The number of pyridine rings is 1. The van der Waals surface area contributed by atoms with Crippen LogP contribution < -0.4 is 15.5 Å². The van der Waals surface area contributed by atoms with Crippen molar-refractivity contribution in [3.8, 4) is 11.3 Å². The zero-order valence-electron chi connectivity index (χ0n) is 20.8. The Morgan fingerprint density at radius 3 is 2.55 bits per heavy atom. The van der Waals surface area contributed by atoms with Gasteiger partial charge in [0.25, 0.3) is 0 Å². The Bertz CT molecular complexity index is 1500. The number of thiocarbonyl (C=S) groups is 1. The summed E-state index contributed by atoms with van der Waals surface area (Å²) in [6.45, 7) is 3.76. The highest BCUT2D eigenvalue weighted by molar-refractivity contribution is 7.80. The zero-order valence-corrected chi connectivity index (χ0v) is 21.7. The van der Waals surface area contributed by atoms with Crippen LogP contribution in [0.2, 0.25) is 0 Å². The third-order valence-corrected chi connectivity index (χ3v) is 6.83. The molecule has 8 nitrogen and oxygen atoms in total. The largest absolute Gasteiger partial charge is 0.478 e. The molecule has 0 unspecified atom stereocenters. The van der Waals surface area contributed by atoms with Crippen molar-refractivity contribution in [2.75, 3.05) is 10.2 Å². The molecule has 0 saturated carbocycles. The molecule has 5 rings (SSSR count). The maximum Gasteiger partial charge on any atom is 0.335 e. The van der Waals surface area contributed by atoms with Gasteiger partial charge in [-0.2, -0.15) is 0 Å². The lowest BCUT2D eigenvalue weighted by Gasteiger charge is -2.26. The number of aromatic carboxylic acids is 1. The predicted molar refractivity (Wildman–Crippen MR) is 149 cm³/mol. The van der Waals surface area contributed by atoms with Crippen molar-refractivity contribution in [2.24, 2.45) is 0 Å². The molecule has 2 aromatic heterocycles. The Morgan fingerprint density at radius 2 is 1.89 bits per heavy atom. The van der Waals surface area contributed by atoms with Crippen molar-refractivity contribution in [1.82, 2.24) is 10.3 Å². The third kappa shape index (κ3) is 4.88. The molecule has 1 saturated heterocycles. The van der Waals surface area contributed by atoms with E-state index >= 15 is 0 Å². The van der Waals surface area contributed by atoms with Gasteiger partial charge >= 0.3 is 5.97 Å². The summed E-state index contributed by atoms with van der Waals surface area (Å²) in [7, 11) is 0. The van der Waals surface area contributed by atoms with E-state index < -0.39 is 5.97 Å². The number of nitrogens with zero attached hydrogens (tertiary/aromatic N) is 2. The summed E-state index contributed by atoms with van der Waals surface area (Å²) < 4.78 is 6.35. The van der Waals surface area contributed by atoms with Gasteiger partial charge in [-0.15, -0.1) is 0 Å². The molecule has 3 N–H and O–H groups in total. The van der Waals surface area contributed by atoms with Gasteiger partial charge in [0, 0.05) is 29.6 Å². The van der Waals surface area contributed by atoms with Gasteiger partial charge in [0.15, 0.2) is 5.11 Å². The van der Waals surface area contributed by atoms with Gasteiger partial charge in [-0.1, -0.05) is 25.1 Å². The number of carbonyl (C=O) groups excluding carboxylic acids is 1. The first-order chi connectivity index (χ1) is 18.4. The summed E-state index contributed by atoms with van der Waals surface area (Å²) >= 11 is 5.80. The molecular weight excluding hydrogens is 500 g/mol. The van der Waals surface area contributed by atoms with Crippen LogP contribution in [0.15, 0.2) is 83.4 Å². The van der Waals surface area contributed by atoms with Gasteiger partial charge in [-0.3, -0.25) is 9.78 Å². The van der Waals surface area contributed by atoms with E-state index in [2.05, 4.69) is 15.6 Å². The number of amides is 1. The lowest BCUT2D eigenvalue weighted by Crippen LogP contribution is -2.29. The molecule has 1 amide bonds. The maximum atomic E-state index is 11.9. The molecule has 9 heteroatoms. The minimum Gasteiger partial charge on any atom is -0.478 e. The van der Waals surface area contributed by atoms with Crippen LogP contribution in [0.4, 0.5) is 11.4 Å². The molecule has 1 aliphatic heterocycles. The Morgan fingerprint density at radius 1 is 1.11 bits per heavy atom. The summed E-state index contributed by atoms with van der Waals surface area (Å²) in [5.41, 5.74) is 4.30. The number of hydrogen-bond donors (Lipinski definition) is 3. The molecule has 1 fully saturated rings. The van der Waals surface area contributed by atoms with E-state index in [1.165, 1.54) is 0 Å². The smallest absolute Gasteiger partial charge is 0.335 e. The number of carboxylic acid groups (broad SMARTS) is 1. The summed E-state index contributed by atoms with van der Waals surface area (Å²) in [5, 5.41) is 16.1. The number of carboxylic acids is 1. The fourth-order valence-corrected chi connectivity index (χ4v) is 4.89. The number of hydrogen-bond acceptors (Lipinski definition) is 5. The number of aromatic nitrogens is 1. The molecule has 2 atom stereocenters. The number of nitrogens with one attached hydrogen (secondary N) is 2. The van der Waals surface area contributed by atoms with Crippen LogP contribution in [0.5, 0.6) is 0 Å². The monoisotopic (exact) mass is 526 g/mol. The highest BCUT2D eigenvalue weighted by atomic mass is 32.1. The summed E-state index contributed by atoms with van der Waals surface area (Å²) in [5.74, 6) is 0.257. The summed E-state index contributed by atoms with van der Waals surface area (Å²) in [6, 6.07) is 21.2. The number of carbonyl (C=O) groups is 2. The minimum atomic E-state index is -0.980. The predicted octanol–water partition coefficient (Wildman–Crippen LogP) is 5.87. The van der Waals surface area contributed by atoms with Crippen molar-refractivity contribution in [1.29, 1.82) is 0 Å². The zero-order chi connectivity index (χ0) is 26.8. The number of aryl methyl sites for hydroxylation is 1. The molecule has 0 aliphatic carbocycles. The van der Waals surface area contributed by atoms with Gasteiger partial charge < -0.3 is 25.1 Å². The molecule has 0 bridgehead atoms. The van der Waals surface area contributed by atoms with Gasteiger partial charge in [0.2, 0.25) is 5.91 Å². The lowest BCUT2D eigenvalue weighted by atomic mass is 10.0. The van der Waals surface area contributed by atoms with Gasteiger partial charge in [0.1, 0.15) is 17.6 Å². The summed E-state index contributed by atoms with van der Waals surface area (Å²) in [4.78, 5) is 29.7. The highest BCUT2D eigenvalue weighted by Crippen LogP contribution is 2.43. The number of rotatable bonds is 7. The normalized spacial score (nSPS) is 16.8. The first kappa shape index (κ1) is 25.2. The fraction of sp³-hybridized carbons (Fsp3) is 0.172. The van der Waals surface area contributed by atoms with Crippen LogP contribution >= 0.6 is 12.2 Å². The second-order valence-corrected chi connectivity index (χ2v) is 9.37. The topological polar surface area (TPSA) is 108 Å². The van der Waals surface area contributed by atoms with Crippen molar-refractivity contribution in [3.63, 3.8) is 0 Å². The van der Waals surface area contributed by atoms with Crippen LogP contribution in [0.3, 0.4) is 0 Å². The average Bonchev–Trinajstić information content (AvgIpc) is 3.55. The number of anilines is 2. The Labute approximate surface area is 225 Å². The van der Waals surface area contributed by atoms with Crippen molar-refractivity contribution in [2.45, 2.75) is 32.4 Å². The van der Waals surface area contributed by atoms with Crippen LogP contribution in [-0.4, -0.2) is 27.1 Å². The Hall–Kier alpha value is -4.50. The number of benzene rings is 2. The van der Waals surface area contributed by atoms with Crippen molar-refractivity contribution >= 4 is 40.6 Å². The van der Waals surface area contributed by atoms with Gasteiger partial charge in [0.05, 0.1) is 17.3 Å². The van der Waals surface area contributed by atoms with Crippen LogP contribution in [-0.2, 0) is 4.79 Å². The van der Waals surface area contributed by atoms with E-state index in [1.54, 1.807) is 30.5 Å². The maximum absolute atomic E-state index is 11.9.